The van der Waals surface area contributed by atoms with E-state index in [1.54, 1.807) is 4.31 Å². The molecule has 1 fully saturated rings. The van der Waals surface area contributed by atoms with Gasteiger partial charge in [-0.25, -0.2) is 12.7 Å². The maximum Gasteiger partial charge on any atom is 0.211 e. The first-order chi connectivity index (χ1) is 10.2. The molecule has 1 aromatic carbocycles. The van der Waals surface area contributed by atoms with Crippen LogP contribution in [0.2, 0.25) is 0 Å². The molecule has 0 bridgehead atoms. The topological polar surface area (TPSA) is 40.6 Å². The molecule has 4 nitrogen and oxygen atoms in total. The van der Waals surface area contributed by atoms with E-state index in [-0.39, 0.29) is 0 Å². The number of aryl methyl sites for hydroxylation is 2. The standard InChI is InChI=1S/C17H28N2O2S/c1-13(2)19(17-10-14(3)6-7-15(17)4)12-16-8-9-18(11-16)22(5,20)21/h6-7,10,13,16H,8-9,11-12H2,1-5H3. The summed E-state index contributed by atoms with van der Waals surface area (Å²) in [5.74, 6) is 0.400. The lowest BCUT2D eigenvalue weighted by molar-refractivity contribution is 0.455. The van der Waals surface area contributed by atoms with Crippen LogP contribution in [-0.2, 0) is 10.0 Å². The van der Waals surface area contributed by atoms with E-state index in [0.717, 1.165) is 13.0 Å². The van der Waals surface area contributed by atoms with Crippen LogP contribution in [0.1, 0.15) is 31.4 Å². The van der Waals surface area contributed by atoms with Gasteiger partial charge in [-0.2, -0.15) is 0 Å². The van der Waals surface area contributed by atoms with Crippen molar-refractivity contribution >= 4 is 15.7 Å². The summed E-state index contributed by atoms with van der Waals surface area (Å²) in [7, 11) is -3.06. The van der Waals surface area contributed by atoms with Gasteiger partial charge in [0.05, 0.1) is 6.26 Å². The van der Waals surface area contributed by atoms with Crippen molar-refractivity contribution in [2.45, 2.75) is 40.2 Å². The molecule has 1 aliphatic heterocycles. The molecule has 1 atom stereocenters. The van der Waals surface area contributed by atoms with Gasteiger partial charge >= 0.3 is 0 Å². The molecular formula is C17H28N2O2S. The Morgan fingerprint density at radius 3 is 2.55 bits per heavy atom. The Kier molecular flexibility index (Phi) is 5.17. The summed E-state index contributed by atoms with van der Waals surface area (Å²) in [6, 6.07) is 6.93. The summed E-state index contributed by atoms with van der Waals surface area (Å²) >= 11 is 0. The van der Waals surface area contributed by atoms with Gasteiger partial charge in [-0.15, -0.1) is 0 Å². The molecule has 124 valence electrons. The highest BCUT2D eigenvalue weighted by Gasteiger charge is 2.30. The van der Waals surface area contributed by atoms with E-state index >= 15 is 0 Å². The number of sulfonamides is 1. The van der Waals surface area contributed by atoms with Crippen LogP contribution >= 0.6 is 0 Å². The Morgan fingerprint density at radius 2 is 2.00 bits per heavy atom. The molecule has 1 aliphatic rings. The lowest BCUT2D eigenvalue weighted by Crippen LogP contribution is -2.37. The lowest BCUT2D eigenvalue weighted by atomic mass is 10.0. The average molecular weight is 324 g/mol. The first-order valence-corrected chi connectivity index (χ1v) is 9.82. The van der Waals surface area contributed by atoms with Gasteiger partial charge in [-0.05, 0) is 57.2 Å². The third kappa shape index (κ3) is 4.02. The molecular weight excluding hydrogens is 296 g/mol. The Hall–Kier alpha value is -1.07. The maximum atomic E-state index is 11.7. The predicted molar refractivity (Wildman–Crippen MR) is 92.9 cm³/mol. The Bertz CT molecular complexity index is 626. The summed E-state index contributed by atoms with van der Waals surface area (Å²) in [6.45, 7) is 10.9. The fourth-order valence-corrected chi connectivity index (χ4v) is 4.06. The molecule has 0 N–H and O–H groups in total. The van der Waals surface area contributed by atoms with E-state index in [0.29, 0.717) is 25.0 Å². The van der Waals surface area contributed by atoms with E-state index in [4.69, 9.17) is 0 Å². The molecule has 2 rings (SSSR count). The van der Waals surface area contributed by atoms with E-state index < -0.39 is 10.0 Å². The van der Waals surface area contributed by atoms with Crippen LogP contribution in [0.5, 0.6) is 0 Å². The summed E-state index contributed by atoms with van der Waals surface area (Å²) < 4.78 is 25.0. The van der Waals surface area contributed by atoms with Crippen LogP contribution in [0.15, 0.2) is 18.2 Å². The van der Waals surface area contributed by atoms with Crippen molar-refractivity contribution < 1.29 is 8.42 Å². The summed E-state index contributed by atoms with van der Waals surface area (Å²) in [5.41, 5.74) is 3.81. The predicted octanol–water partition coefficient (Wildman–Crippen LogP) is 2.80. The van der Waals surface area contributed by atoms with Crippen molar-refractivity contribution in [3.8, 4) is 0 Å². The first kappa shape index (κ1) is 17.3. The van der Waals surface area contributed by atoms with Gasteiger partial charge in [0, 0.05) is 31.4 Å². The molecule has 0 aromatic heterocycles. The van der Waals surface area contributed by atoms with Crippen molar-refractivity contribution in [2.75, 3.05) is 30.8 Å². The highest BCUT2D eigenvalue weighted by molar-refractivity contribution is 7.88. The highest BCUT2D eigenvalue weighted by Crippen LogP contribution is 2.27. The molecule has 1 unspecified atom stereocenters. The molecule has 0 amide bonds. The third-order valence-electron chi connectivity index (χ3n) is 4.47. The average Bonchev–Trinajstić information content (AvgIpc) is 2.87. The van der Waals surface area contributed by atoms with Gasteiger partial charge in [0.25, 0.3) is 0 Å². The van der Waals surface area contributed by atoms with E-state index in [9.17, 15) is 8.42 Å². The number of hydrogen-bond acceptors (Lipinski definition) is 3. The van der Waals surface area contributed by atoms with Gasteiger partial charge < -0.3 is 4.90 Å². The van der Waals surface area contributed by atoms with E-state index in [2.05, 4.69) is 50.8 Å². The second-order valence-corrected chi connectivity index (χ2v) is 8.79. The molecule has 1 aromatic rings. The van der Waals surface area contributed by atoms with Gasteiger partial charge in [0.2, 0.25) is 10.0 Å². The summed E-state index contributed by atoms with van der Waals surface area (Å²) in [5, 5.41) is 0. The zero-order chi connectivity index (χ0) is 16.5. The second-order valence-electron chi connectivity index (χ2n) is 6.81. The molecule has 5 heteroatoms. The number of benzene rings is 1. The van der Waals surface area contributed by atoms with E-state index in [1.807, 2.05) is 0 Å². The number of anilines is 1. The molecule has 0 saturated carbocycles. The molecule has 0 aliphatic carbocycles. The zero-order valence-electron chi connectivity index (χ0n) is 14.3. The summed E-state index contributed by atoms with van der Waals surface area (Å²) in [4.78, 5) is 2.42. The Balaban J connectivity index is 2.16. The number of hydrogen-bond donors (Lipinski definition) is 0. The molecule has 22 heavy (non-hydrogen) atoms. The highest BCUT2D eigenvalue weighted by atomic mass is 32.2. The largest absolute Gasteiger partial charge is 0.369 e. The van der Waals surface area contributed by atoms with Gasteiger partial charge in [-0.1, -0.05) is 12.1 Å². The van der Waals surface area contributed by atoms with Gasteiger partial charge in [0.15, 0.2) is 0 Å². The van der Waals surface area contributed by atoms with Crippen LogP contribution in [0.3, 0.4) is 0 Å². The van der Waals surface area contributed by atoms with Crippen molar-refractivity contribution in [3.63, 3.8) is 0 Å². The number of rotatable bonds is 5. The van der Waals surface area contributed by atoms with Crippen molar-refractivity contribution in [1.82, 2.24) is 4.31 Å². The SMILES string of the molecule is Cc1ccc(C)c(N(CC2CCN(S(C)(=O)=O)C2)C(C)C)c1. The number of nitrogens with zero attached hydrogens (tertiary/aromatic N) is 2. The van der Waals surface area contributed by atoms with Crippen LogP contribution < -0.4 is 4.90 Å². The van der Waals surface area contributed by atoms with Crippen molar-refractivity contribution in [3.05, 3.63) is 29.3 Å². The van der Waals surface area contributed by atoms with Crippen molar-refractivity contribution in [1.29, 1.82) is 0 Å². The quantitative estimate of drug-likeness (QED) is 0.836. The van der Waals surface area contributed by atoms with Crippen LogP contribution in [0.4, 0.5) is 5.69 Å². The van der Waals surface area contributed by atoms with Crippen LogP contribution in [0, 0.1) is 19.8 Å². The normalized spacial score (nSPS) is 19.8. The van der Waals surface area contributed by atoms with Crippen LogP contribution in [0.25, 0.3) is 0 Å². The molecule has 1 saturated heterocycles. The lowest BCUT2D eigenvalue weighted by Gasteiger charge is -2.33. The molecule has 0 radical (unpaired) electrons. The second kappa shape index (κ2) is 6.59. The smallest absolute Gasteiger partial charge is 0.211 e. The first-order valence-electron chi connectivity index (χ1n) is 7.97. The third-order valence-corrected chi connectivity index (χ3v) is 5.74. The maximum absolute atomic E-state index is 11.7. The molecule has 0 spiro atoms. The minimum atomic E-state index is -3.06. The van der Waals surface area contributed by atoms with E-state index in [1.165, 1.54) is 23.1 Å². The monoisotopic (exact) mass is 324 g/mol. The Labute approximate surface area is 135 Å². The minimum absolute atomic E-state index is 0.396. The zero-order valence-corrected chi connectivity index (χ0v) is 15.2. The molecule has 1 heterocycles. The minimum Gasteiger partial charge on any atom is -0.369 e. The van der Waals surface area contributed by atoms with Crippen LogP contribution in [-0.4, -0.2) is 44.7 Å². The fourth-order valence-electron chi connectivity index (χ4n) is 3.14. The fraction of sp³-hybridized carbons (Fsp3) is 0.647. The Morgan fingerprint density at radius 1 is 1.32 bits per heavy atom. The van der Waals surface area contributed by atoms with Crippen molar-refractivity contribution in [2.24, 2.45) is 5.92 Å². The van der Waals surface area contributed by atoms with Gasteiger partial charge in [-0.3, -0.25) is 0 Å². The summed E-state index contributed by atoms with van der Waals surface area (Å²) in [6.07, 6.45) is 2.25. The van der Waals surface area contributed by atoms with Gasteiger partial charge in [0.1, 0.15) is 0 Å².